The predicted molar refractivity (Wildman–Crippen MR) is 73.7 cm³/mol. The monoisotopic (exact) mass is 235 g/mol. The van der Waals surface area contributed by atoms with E-state index in [2.05, 4.69) is 23.2 Å². The molecule has 2 nitrogen and oxygen atoms in total. The lowest BCUT2D eigenvalue weighted by Crippen LogP contribution is -1.91. The van der Waals surface area contributed by atoms with Crippen molar-refractivity contribution in [1.29, 1.82) is 0 Å². The molecule has 0 amide bonds. The smallest absolute Gasteiger partial charge is 0.145 e. The Morgan fingerprint density at radius 3 is 2.39 bits per heavy atom. The zero-order valence-electron chi connectivity index (χ0n) is 10.1. The van der Waals surface area contributed by atoms with Gasteiger partial charge in [-0.2, -0.15) is 0 Å². The number of ether oxygens (including phenoxy) is 1. The van der Waals surface area contributed by atoms with Crippen LogP contribution in [0.2, 0.25) is 0 Å². The van der Waals surface area contributed by atoms with Crippen molar-refractivity contribution in [3.05, 3.63) is 60.8 Å². The van der Waals surface area contributed by atoms with Crippen molar-refractivity contribution in [2.24, 2.45) is 0 Å². The summed E-state index contributed by atoms with van der Waals surface area (Å²) in [6.07, 6.45) is 1.78. The minimum atomic E-state index is 0.805. The molecule has 0 radical (unpaired) electrons. The lowest BCUT2D eigenvalue weighted by molar-refractivity contribution is 0.415. The van der Waals surface area contributed by atoms with Gasteiger partial charge in [-0.25, -0.2) is 0 Å². The number of nitrogens with zero attached hydrogens (tertiary/aromatic N) is 1. The number of aromatic nitrogens is 1. The molecule has 3 aromatic rings. The van der Waals surface area contributed by atoms with Crippen molar-refractivity contribution in [3.8, 4) is 16.9 Å². The topological polar surface area (TPSA) is 22.1 Å². The van der Waals surface area contributed by atoms with Crippen LogP contribution < -0.4 is 4.74 Å². The Hall–Kier alpha value is -2.35. The van der Waals surface area contributed by atoms with E-state index < -0.39 is 0 Å². The zero-order valence-corrected chi connectivity index (χ0v) is 10.1. The molecule has 0 atom stereocenters. The van der Waals surface area contributed by atoms with Gasteiger partial charge in [0.1, 0.15) is 5.75 Å². The Bertz CT molecular complexity index is 677. The van der Waals surface area contributed by atoms with Crippen LogP contribution in [0, 0.1) is 0 Å². The van der Waals surface area contributed by atoms with Crippen molar-refractivity contribution in [2.75, 3.05) is 7.11 Å². The van der Waals surface area contributed by atoms with Crippen LogP contribution in [0.5, 0.6) is 5.75 Å². The summed E-state index contributed by atoms with van der Waals surface area (Å²) in [6.45, 7) is 0. The third-order valence-electron chi connectivity index (χ3n) is 3.02. The van der Waals surface area contributed by atoms with Gasteiger partial charge < -0.3 is 4.74 Å². The molecule has 0 saturated carbocycles. The van der Waals surface area contributed by atoms with Gasteiger partial charge >= 0.3 is 0 Å². The molecule has 0 aliphatic carbocycles. The molecule has 0 spiro atoms. The molecule has 0 bridgehead atoms. The van der Waals surface area contributed by atoms with E-state index in [4.69, 9.17) is 4.74 Å². The summed E-state index contributed by atoms with van der Waals surface area (Å²) in [5.41, 5.74) is 3.23. The second-order valence-electron chi connectivity index (χ2n) is 4.08. The van der Waals surface area contributed by atoms with E-state index in [0.29, 0.717) is 0 Å². The van der Waals surface area contributed by atoms with Crippen molar-refractivity contribution < 1.29 is 4.74 Å². The van der Waals surface area contributed by atoms with Crippen LogP contribution in [-0.2, 0) is 0 Å². The van der Waals surface area contributed by atoms with Gasteiger partial charge in [0.2, 0.25) is 0 Å². The average molecular weight is 235 g/mol. The third kappa shape index (κ3) is 1.72. The molecule has 88 valence electrons. The van der Waals surface area contributed by atoms with E-state index in [9.17, 15) is 0 Å². The van der Waals surface area contributed by atoms with E-state index in [1.54, 1.807) is 13.3 Å². The molecule has 0 aliphatic heterocycles. The minimum Gasteiger partial charge on any atom is -0.494 e. The highest BCUT2D eigenvalue weighted by Gasteiger charge is 2.10. The number of pyridine rings is 1. The van der Waals surface area contributed by atoms with Gasteiger partial charge in [0.05, 0.1) is 18.8 Å². The van der Waals surface area contributed by atoms with E-state index in [1.807, 2.05) is 36.4 Å². The zero-order chi connectivity index (χ0) is 12.4. The fourth-order valence-electron chi connectivity index (χ4n) is 2.18. The minimum absolute atomic E-state index is 0.805. The maximum Gasteiger partial charge on any atom is 0.145 e. The molecule has 2 heteroatoms. The summed E-state index contributed by atoms with van der Waals surface area (Å²) < 4.78 is 5.45. The van der Waals surface area contributed by atoms with Gasteiger partial charge in [0.25, 0.3) is 0 Å². The lowest BCUT2D eigenvalue weighted by atomic mass is 10.0. The number of methoxy groups -OCH3 is 1. The summed E-state index contributed by atoms with van der Waals surface area (Å²) in [6, 6.07) is 18.4. The summed E-state index contributed by atoms with van der Waals surface area (Å²) in [5.74, 6) is 0.805. The van der Waals surface area contributed by atoms with Crippen LogP contribution in [0.15, 0.2) is 60.8 Å². The van der Waals surface area contributed by atoms with Crippen LogP contribution >= 0.6 is 0 Å². The van der Waals surface area contributed by atoms with Crippen LogP contribution in [0.1, 0.15) is 0 Å². The second kappa shape index (κ2) is 4.49. The molecule has 0 saturated heterocycles. The molecule has 0 fully saturated rings. The molecule has 2 aromatic carbocycles. The Labute approximate surface area is 106 Å². The molecule has 0 unspecified atom stereocenters. The molecular weight excluding hydrogens is 222 g/mol. The Balaban J connectivity index is 2.38. The first-order valence-corrected chi connectivity index (χ1v) is 5.87. The molecule has 0 aliphatic rings. The summed E-state index contributed by atoms with van der Waals surface area (Å²) in [4.78, 5) is 4.41. The van der Waals surface area contributed by atoms with E-state index in [1.165, 1.54) is 0 Å². The molecule has 1 heterocycles. The Morgan fingerprint density at radius 2 is 1.61 bits per heavy atom. The summed E-state index contributed by atoms with van der Waals surface area (Å²) in [5, 5.41) is 1.11. The fraction of sp³-hybridized carbons (Fsp3) is 0.0625. The van der Waals surface area contributed by atoms with E-state index in [-0.39, 0.29) is 0 Å². The largest absolute Gasteiger partial charge is 0.494 e. The highest BCUT2D eigenvalue weighted by Crippen LogP contribution is 2.35. The van der Waals surface area contributed by atoms with Gasteiger partial charge in [0.15, 0.2) is 0 Å². The summed E-state index contributed by atoms with van der Waals surface area (Å²) in [7, 11) is 1.68. The lowest BCUT2D eigenvalue weighted by Gasteiger charge is -2.11. The first-order valence-electron chi connectivity index (χ1n) is 5.87. The maximum atomic E-state index is 5.45. The van der Waals surface area contributed by atoms with Gasteiger partial charge in [-0.05, 0) is 11.6 Å². The fourth-order valence-corrected chi connectivity index (χ4v) is 2.18. The highest BCUT2D eigenvalue weighted by molar-refractivity contribution is 5.97. The second-order valence-corrected chi connectivity index (χ2v) is 4.08. The number of para-hydroxylation sites is 1. The molecule has 0 N–H and O–H groups in total. The number of fused-ring (bicyclic) bond motifs is 1. The molecule has 18 heavy (non-hydrogen) atoms. The SMILES string of the molecule is COc1cnc2ccccc2c1-c1ccccc1. The van der Waals surface area contributed by atoms with Crippen LogP contribution in [-0.4, -0.2) is 12.1 Å². The van der Waals surface area contributed by atoms with Crippen molar-refractivity contribution in [1.82, 2.24) is 4.98 Å². The molecular formula is C16H13NO. The van der Waals surface area contributed by atoms with Crippen LogP contribution in [0.3, 0.4) is 0 Å². The number of rotatable bonds is 2. The van der Waals surface area contributed by atoms with Crippen LogP contribution in [0.4, 0.5) is 0 Å². The standard InChI is InChI=1S/C16H13NO/c1-18-15-11-17-14-10-6-5-9-13(14)16(15)12-7-3-2-4-8-12/h2-11H,1H3. The Kier molecular flexibility index (Phi) is 2.69. The van der Waals surface area contributed by atoms with Crippen molar-refractivity contribution >= 4 is 10.9 Å². The average Bonchev–Trinajstić information content (AvgIpc) is 2.47. The first-order chi connectivity index (χ1) is 8.90. The Morgan fingerprint density at radius 1 is 0.889 bits per heavy atom. The predicted octanol–water partition coefficient (Wildman–Crippen LogP) is 3.91. The van der Waals surface area contributed by atoms with E-state index >= 15 is 0 Å². The van der Waals surface area contributed by atoms with Gasteiger partial charge in [0, 0.05) is 10.9 Å². The van der Waals surface area contributed by atoms with Crippen molar-refractivity contribution in [2.45, 2.75) is 0 Å². The van der Waals surface area contributed by atoms with Gasteiger partial charge in [-0.15, -0.1) is 0 Å². The van der Waals surface area contributed by atoms with Gasteiger partial charge in [-0.3, -0.25) is 4.98 Å². The highest BCUT2D eigenvalue weighted by atomic mass is 16.5. The van der Waals surface area contributed by atoms with Gasteiger partial charge in [-0.1, -0.05) is 48.5 Å². The van der Waals surface area contributed by atoms with E-state index in [0.717, 1.165) is 27.8 Å². The molecule has 1 aromatic heterocycles. The van der Waals surface area contributed by atoms with Crippen LogP contribution in [0.25, 0.3) is 22.0 Å². The third-order valence-corrected chi connectivity index (χ3v) is 3.02. The number of benzene rings is 2. The maximum absolute atomic E-state index is 5.45. The normalized spacial score (nSPS) is 10.5. The number of hydrogen-bond acceptors (Lipinski definition) is 2. The number of hydrogen-bond donors (Lipinski definition) is 0. The molecule has 3 rings (SSSR count). The summed E-state index contributed by atoms with van der Waals surface area (Å²) >= 11 is 0. The quantitative estimate of drug-likeness (QED) is 0.671. The van der Waals surface area contributed by atoms with Crippen molar-refractivity contribution in [3.63, 3.8) is 0 Å². The first kappa shape index (κ1) is 10.8.